The molecule has 3 heteroatoms. The van der Waals surface area contributed by atoms with E-state index in [0.29, 0.717) is 6.54 Å². The van der Waals surface area contributed by atoms with Crippen molar-refractivity contribution < 1.29 is 9.59 Å². The van der Waals surface area contributed by atoms with Gasteiger partial charge in [0.2, 0.25) is 0 Å². The van der Waals surface area contributed by atoms with Crippen LogP contribution < -0.4 is 0 Å². The second-order valence-corrected chi connectivity index (χ2v) is 9.59. The number of rotatable bonds is 23. The van der Waals surface area contributed by atoms with Gasteiger partial charge in [0.25, 0.3) is 11.8 Å². The third kappa shape index (κ3) is 16.2. The van der Waals surface area contributed by atoms with E-state index in [1.807, 2.05) is 0 Å². The lowest BCUT2D eigenvalue weighted by Crippen LogP contribution is -2.30. The van der Waals surface area contributed by atoms with Crippen LogP contribution in [0.5, 0.6) is 0 Å². The predicted octanol–water partition coefficient (Wildman–Crippen LogP) is 8.51. The molecule has 1 heterocycles. The summed E-state index contributed by atoms with van der Waals surface area (Å²) in [6.45, 7) is 2.88. The minimum absolute atomic E-state index is 0.145. The number of hydrogen-bond acceptors (Lipinski definition) is 2. The Morgan fingerprint density at radius 2 is 0.710 bits per heavy atom. The maximum absolute atomic E-state index is 11.5. The average molecular weight is 434 g/mol. The zero-order valence-electron chi connectivity index (χ0n) is 20.7. The van der Waals surface area contributed by atoms with E-state index < -0.39 is 0 Å². The molecule has 0 unspecified atom stereocenters. The molecule has 0 aliphatic carbocycles. The van der Waals surface area contributed by atoms with E-state index in [1.54, 1.807) is 0 Å². The lowest BCUT2D eigenvalue weighted by atomic mass is 10.0. The Morgan fingerprint density at radius 3 is 1.00 bits per heavy atom. The van der Waals surface area contributed by atoms with E-state index in [-0.39, 0.29) is 11.8 Å². The number of carbonyl (C=O) groups excluding carboxylic acids is 2. The molecule has 2 amide bonds. The lowest BCUT2D eigenvalue weighted by Gasteiger charge is -2.12. The van der Waals surface area contributed by atoms with Gasteiger partial charge >= 0.3 is 0 Å². The molecule has 31 heavy (non-hydrogen) atoms. The van der Waals surface area contributed by atoms with Crippen LogP contribution in [0.4, 0.5) is 0 Å². The maximum atomic E-state index is 11.5. The van der Waals surface area contributed by atoms with Gasteiger partial charge in [-0.3, -0.25) is 14.5 Å². The van der Waals surface area contributed by atoms with Crippen LogP contribution in [0.2, 0.25) is 0 Å². The van der Waals surface area contributed by atoms with E-state index in [4.69, 9.17) is 0 Å². The number of imide groups is 1. The van der Waals surface area contributed by atoms with Crippen LogP contribution in [0.3, 0.4) is 0 Å². The average Bonchev–Trinajstić information content (AvgIpc) is 3.09. The number of carbonyl (C=O) groups is 2. The van der Waals surface area contributed by atoms with Crippen LogP contribution in [0.25, 0.3) is 0 Å². The number of nitrogens with zero attached hydrogens (tertiary/aromatic N) is 1. The van der Waals surface area contributed by atoms with E-state index in [2.05, 4.69) is 6.92 Å². The van der Waals surface area contributed by atoms with Crippen LogP contribution in [0, 0.1) is 0 Å². The van der Waals surface area contributed by atoms with E-state index in [9.17, 15) is 9.59 Å². The SMILES string of the molecule is CCCCCCCCCCCCCCCCCCCCCCCCN1C(=O)C=CC1=O. The van der Waals surface area contributed by atoms with E-state index in [1.165, 1.54) is 145 Å². The summed E-state index contributed by atoms with van der Waals surface area (Å²) in [5.41, 5.74) is 0. The molecule has 1 aliphatic rings. The third-order valence-electron chi connectivity index (χ3n) is 6.64. The molecule has 0 saturated carbocycles. The molecule has 3 nitrogen and oxygen atoms in total. The van der Waals surface area contributed by atoms with Crippen molar-refractivity contribution in [1.82, 2.24) is 4.90 Å². The fourth-order valence-electron chi connectivity index (χ4n) is 4.53. The molecule has 0 fully saturated rings. The maximum Gasteiger partial charge on any atom is 0.253 e. The second kappa shape index (κ2) is 20.8. The molecule has 0 N–H and O–H groups in total. The Labute approximate surface area is 193 Å². The number of hydrogen-bond donors (Lipinski definition) is 0. The first-order chi connectivity index (χ1) is 15.3. The Balaban J connectivity index is 1.68. The number of unbranched alkanes of at least 4 members (excludes halogenated alkanes) is 21. The van der Waals surface area contributed by atoms with Gasteiger partial charge in [-0.05, 0) is 6.42 Å². The van der Waals surface area contributed by atoms with Crippen molar-refractivity contribution >= 4 is 11.8 Å². The highest BCUT2D eigenvalue weighted by atomic mass is 16.2. The third-order valence-corrected chi connectivity index (χ3v) is 6.64. The molecule has 0 aromatic heterocycles. The van der Waals surface area contributed by atoms with Crippen molar-refractivity contribution in [1.29, 1.82) is 0 Å². The fraction of sp³-hybridized carbons (Fsp3) is 0.857. The minimum Gasteiger partial charge on any atom is -0.275 e. The Morgan fingerprint density at radius 1 is 0.452 bits per heavy atom. The van der Waals surface area contributed by atoms with Crippen molar-refractivity contribution in [3.8, 4) is 0 Å². The first kappa shape index (κ1) is 27.9. The highest BCUT2D eigenvalue weighted by molar-refractivity contribution is 6.12. The van der Waals surface area contributed by atoms with E-state index in [0.717, 1.165) is 12.8 Å². The van der Waals surface area contributed by atoms with Crippen LogP contribution in [-0.2, 0) is 9.59 Å². The zero-order valence-corrected chi connectivity index (χ0v) is 20.7. The summed E-state index contributed by atoms with van der Waals surface area (Å²) >= 11 is 0. The zero-order chi connectivity index (χ0) is 22.4. The highest BCUT2D eigenvalue weighted by Gasteiger charge is 2.21. The van der Waals surface area contributed by atoms with Gasteiger partial charge in [-0.2, -0.15) is 0 Å². The lowest BCUT2D eigenvalue weighted by molar-refractivity contribution is -0.136. The van der Waals surface area contributed by atoms with Crippen molar-refractivity contribution in [3.63, 3.8) is 0 Å². The molecule has 180 valence electrons. The Bertz CT molecular complexity index is 454. The van der Waals surface area contributed by atoms with Gasteiger partial charge in [0.05, 0.1) is 0 Å². The Kier molecular flexibility index (Phi) is 18.7. The van der Waals surface area contributed by atoms with Gasteiger partial charge in [0, 0.05) is 18.7 Å². The second-order valence-electron chi connectivity index (χ2n) is 9.59. The molecule has 0 aromatic rings. The minimum atomic E-state index is -0.145. The molecule has 0 radical (unpaired) electrons. The topological polar surface area (TPSA) is 37.4 Å². The summed E-state index contributed by atoms with van der Waals surface area (Å²) in [6.07, 6.45) is 33.0. The van der Waals surface area contributed by atoms with E-state index >= 15 is 0 Å². The van der Waals surface area contributed by atoms with Crippen LogP contribution in [0.1, 0.15) is 148 Å². The van der Waals surface area contributed by atoms with Gasteiger partial charge in [0.15, 0.2) is 0 Å². The monoisotopic (exact) mass is 433 g/mol. The van der Waals surface area contributed by atoms with Crippen LogP contribution >= 0.6 is 0 Å². The smallest absolute Gasteiger partial charge is 0.253 e. The number of amides is 2. The molecular formula is C28H51NO2. The largest absolute Gasteiger partial charge is 0.275 e. The van der Waals surface area contributed by atoms with Crippen molar-refractivity contribution in [3.05, 3.63) is 12.2 Å². The summed E-state index contributed by atoms with van der Waals surface area (Å²) in [6, 6.07) is 0. The predicted molar refractivity (Wildman–Crippen MR) is 133 cm³/mol. The standard InChI is InChI=1S/C28H51NO2/c1-2-3-4-5-6-7-8-9-10-11-12-13-14-15-16-17-18-19-20-21-22-23-26-29-27(30)24-25-28(29)31/h24-25H,2-23,26H2,1H3. The van der Waals surface area contributed by atoms with Gasteiger partial charge in [-0.25, -0.2) is 0 Å². The molecule has 1 aliphatic heterocycles. The summed E-state index contributed by atoms with van der Waals surface area (Å²) in [7, 11) is 0. The molecule has 0 atom stereocenters. The summed E-state index contributed by atoms with van der Waals surface area (Å²) in [5, 5.41) is 0. The van der Waals surface area contributed by atoms with Crippen molar-refractivity contribution in [2.45, 2.75) is 148 Å². The van der Waals surface area contributed by atoms with Gasteiger partial charge in [-0.1, -0.05) is 142 Å². The van der Waals surface area contributed by atoms with Crippen LogP contribution in [-0.4, -0.2) is 23.3 Å². The van der Waals surface area contributed by atoms with Crippen LogP contribution in [0.15, 0.2) is 12.2 Å². The fourth-order valence-corrected chi connectivity index (χ4v) is 4.53. The quantitative estimate of drug-likeness (QED) is 0.120. The molecule has 0 bridgehead atoms. The molecular weight excluding hydrogens is 382 g/mol. The highest BCUT2D eigenvalue weighted by Crippen LogP contribution is 2.15. The molecule has 0 saturated heterocycles. The van der Waals surface area contributed by atoms with Gasteiger partial charge in [-0.15, -0.1) is 0 Å². The summed E-state index contributed by atoms with van der Waals surface area (Å²) in [4.78, 5) is 24.3. The normalized spacial score (nSPS) is 13.6. The summed E-state index contributed by atoms with van der Waals surface area (Å²) in [5.74, 6) is -0.290. The summed E-state index contributed by atoms with van der Waals surface area (Å²) < 4.78 is 0. The van der Waals surface area contributed by atoms with Crippen molar-refractivity contribution in [2.75, 3.05) is 6.54 Å². The molecule has 0 spiro atoms. The molecule has 1 rings (SSSR count). The Hall–Kier alpha value is -1.12. The van der Waals surface area contributed by atoms with Gasteiger partial charge < -0.3 is 0 Å². The van der Waals surface area contributed by atoms with Gasteiger partial charge in [0.1, 0.15) is 0 Å². The first-order valence-electron chi connectivity index (χ1n) is 13.8. The van der Waals surface area contributed by atoms with Crippen molar-refractivity contribution in [2.24, 2.45) is 0 Å². The first-order valence-corrected chi connectivity index (χ1v) is 13.8. The molecule has 0 aromatic carbocycles.